The van der Waals surface area contributed by atoms with Crippen molar-refractivity contribution < 1.29 is 0 Å². The van der Waals surface area contributed by atoms with Gasteiger partial charge >= 0.3 is 0 Å². The van der Waals surface area contributed by atoms with E-state index in [0.717, 1.165) is 13.1 Å². The van der Waals surface area contributed by atoms with Crippen LogP contribution in [0.25, 0.3) is 0 Å². The molecule has 60 valence electrons. The molecular weight excluding hydrogens is 202 g/mol. The smallest absolute Gasteiger partial charge is 0.0343 e. The van der Waals surface area contributed by atoms with Crippen molar-refractivity contribution in [3.63, 3.8) is 0 Å². The van der Waals surface area contributed by atoms with Crippen LogP contribution in [0.15, 0.2) is 30.3 Å². The molecule has 0 amide bonds. The summed E-state index contributed by atoms with van der Waals surface area (Å²) in [5, 5.41) is 0. The van der Waals surface area contributed by atoms with Crippen LogP contribution >= 0.6 is 16.1 Å². The van der Waals surface area contributed by atoms with Crippen molar-refractivity contribution in [2.24, 2.45) is 0 Å². The minimum Gasteiger partial charge on any atom is -0.238 e. The van der Waals surface area contributed by atoms with Gasteiger partial charge in [0.05, 0.1) is 0 Å². The molecule has 0 aliphatic carbocycles. The maximum Gasteiger partial charge on any atom is 0.0343 e. The first-order chi connectivity index (χ1) is 5.33. The topological polar surface area (TPSA) is 3.24 Å². The van der Waals surface area contributed by atoms with Gasteiger partial charge in [-0.15, -0.1) is 0 Å². The summed E-state index contributed by atoms with van der Waals surface area (Å²) >= 11 is 3.45. The van der Waals surface area contributed by atoms with E-state index in [1.54, 1.807) is 0 Å². The van der Waals surface area contributed by atoms with E-state index in [1.807, 2.05) is 6.07 Å². The Hall–Kier alpha value is -0.340. The number of nitrogens with zero attached hydrogens (tertiary/aromatic N) is 1. The summed E-state index contributed by atoms with van der Waals surface area (Å²) in [5.41, 5.74) is 1.34. The van der Waals surface area contributed by atoms with Gasteiger partial charge in [0, 0.05) is 29.2 Å². The van der Waals surface area contributed by atoms with Crippen molar-refractivity contribution in [3.8, 4) is 0 Å². The molecule has 0 aromatic heterocycles. The van der Waals surface area contributed by atoms with Crippen LogP contribution in [-0.2, 0) is 6.54 Å². The Morgan fingerprint density at radius 2 is 1.91 bits per heavy atom. The molecule has 0 fully saturated rings. The highest BCUT2D eigenvalue weighted by Gasteiger charge is 1.96. The lowest BCUT2D eigenvalue weighted by molar-refractivity contribution is 0.511. The van der Waals surface area contributed by atoms with Gasteiger partial charge in [-0.25, -0.2) is 3.93 Å². The van der Waals surface area contributed by atoms with Gasteiger partial charge in [-0.05, 0) is 5.56 Å². The second kappa shape index (κ2) is 4.52. The monoisotopic (exact) mass is 213 g/mol. The summed E-state index contributed by atoms with van der Waals surface area (Å²) in [5.74, 6) is 0. The summed E-state index contributed by atoms with van der Waals surface area (Å²) in [6, 6.07) is 10.4. The van der Waals surface area contributed by atoms with Crippen LogP contribution in [-0.4, -0.2) is 10.5 Å². The first kappa shape index (κ1) is 8.75. The number of hydrogen-bond donors (Lipinski definition) is 0. The molecule has 1 rings (SSSR count). The van der Waals surface area contributed by atoms with Gasteiger partial charge < -0.3 is 0 Å². The van der Waals surface area contributed by atoms with Crippen LogP contribution in [0, 0.1) is 0 Å². The highest BCUT2D eigenvalue weighted by molar-refractivity contribution is 9.07. The Balaban J connectivity index is 2.51. The third-order valence-electron chi connectivity index (χ3n) is 1.54. The SMILES string of the molecule is CCN(Br)Cc1ccccc1. The number of halogens is 1. The molecule has 1 nitrogen and oxygen atoms in total. The maximum atomic E-state index is 3.45. The van der Waals surface area contributed by atoms with Crippen molar-refractivity contribution in [1.82, 2.24) is 3.93 Å². The maximum absolute atomic E-state index is 3.45. The van der Waals surface area contributed by atoms with Crippen molar-refractivity contribution >= 4 is 16.1 Å². The van der Waals surface area contributed by atoms with Gasteiger partial charge in [-0.3, -0.25) is 0 Å². The molecule has 1 aromatic rings. The van der Waals surface area contributed by atoms with Gasteiger partial charge in [0.1, 0.15) is 0 Å². The van der Waals surface area contributed by atoms with E-state index >= 15 is 0 Å². The highest BCUT2D eigenvalue weighted by atomic mass is 79.9. The summed E-state index contributed by atoms with van der Waals surface area (Å²) in [4.78, 5) is 0. The molecule has 0 saturated heterocycles. The molecule has 0 unspecified atom stereocenters. The fourth-order valence-electron chi connectivity index (χ4n) is 0.893. The van der Waals surface area contributed by atoms with E-state index in [9.17, 15) is 0 Å². The number of benzene rings is 1. The third-order valence-corrected chi connectivity index (χ3v) is 2.29. The van der Waals surface area contributed by atoms with Crippen molar-refractivity contribution in [2.45, 2.75) is 13.5 Å². The van der Waals surface area contributed by atoms with Gasteiger partial charge in [-0.1, -0.05) is 37.3 Å². The molecule has 0 aliphatic heterocycles. The number of rotatable bonds is 3. The fraction of sp³-hybridized carbons (Fsp3) is 0.333. The molecule has 0 spiro atoms. The second-order valence-corrected chi connectivity index (χ2v) is 3.43. The molecular formula is C9H12BrN. The lowest BCUT2D eigenvalue weighted by Crippen LogP contribution is -2.09. The predicted molar refractivity (Wildman–Crippen MR) is 51.5 cm³/mol. The van der Waals surface area contributed by atoms with Crippen LogP contribution in [0.4, 0.5) is 0 Å². The van der Waals surface area contributed by atoms with Crippen molar-refractivity contribution in [2.75, 3.05) is 6.54 Å². The molecule has 1 aromatic carbocycles. The minimum absolute atomic E-state index is 0.970. The molecule has 0 atom stereocenters. The van der Waals surface area contributed by atoms with E-state index in [0.29, 0.717) is 0 Å². The van der Waals surface area contributed by atoms with E-state index < -0.39 is 0 Å². The first-order valence-corrected chi connectivity index (χ1v) is 4.48. The Bertz CT molecular complexity index is 198. The zero-order valence-electron chi connectivity index (χ0n) is 6.63. The van der Waals surface area contributed by atoms with E-state index in [2.05, 4.69) is 51.3 Å². The molecule has 0 aliphatic rings. The highest BCUT2D eigenvalue weighted by Crippen LogP contribution is 2.06. The average Bonchev–Trinajstić information content (AvgIpc) is 2.06. The Kier molecular flexibility index (Phi) is 3.60. The molecule has 0 N–H and O–H groups in total. The minimum atomic E-state index is 0.970. The van der Waals surface area contributed by atoms with Crippen molar-refractivity contribution in [1.29, 1.82) is 0 Å². The van der Waals surface area contributed by atoms with Crippen LogP contribution in [0.2, 0.25) is 0 Å². The molecule has 0 saturated carbocycles. The van der Waals surface area contributed by atoms with Gasteiger partial charge in [0.25, 0.3) is 0 Å². The Labute approximate surface area is 76.4 Å². The zero-order valence-corrected chi connectivity index (χ0v) is 8.21. The summed E-state index contributed by atoms with van der Waals surface area (Å²) < 4.78 is 2.10. The quantitative estimate of drug-likeness (QED) is 0.699. The molecule has 0 heterocycles. The zero-order chi connectivity index (χ0) is 8.10. The summed E-state index contributed by atoms with van der Waals surface area (Å²) in [7, 11) is 0. The van der Waals surface area contributed by atoms with Crippen molar-refractivity contribution in [3.05, 3.63) is 35.9 Å². The van der Waals surface area contributed by atoms with Crippen LogP contribution in [0.1, 0.15) is 12.5 Å². The lowest BCUT2D eigenvalue weighted by atomic mass is 10.2. The number of hydrogen-bond acceptors (Lipinski definition) is 1. The molecule has 0 bridgehead atoms. The van der Waals surface area contributed by atoms with Gasteiger partial charge in [0.15, 0.2) is 0 Å². The first-order valence-electron chi connectivity index (χ1n) is 3.77. The van der Waals surface area contributed by atoms with Gasteiger partial charge in [0.2, 0.25) is 0 Å². The largest absolute Gasteiger partial charge is 0.238 e. The van der Waals surface area contributed by atoms with Crippen LogP contribution in [0.3, 0.4) is 0 Å². The molecule has 2 heteroatoms. The average molecular weight is 214 g/mol. The van der Waals surface area contributed by atoms with Gasteiger partial charge in [-0.2, -0.15) is 0 Å². The van der Waals surface area contributed by atoms with E-state index in [1.165, 1.54) is 5.56 Å². The predicted octanol–water partition coefficient (Wildman–Crippen LogP) is 2.82. The Morgan fingerprint density at radius 3 is 2.45 bits per heavy atom. The summed E-state index contributed by atoms with van der Waals surface area (Å²) in [6.07, 6.45) is 0. The standard InChI is InChI=1S/C9H12BrN/c1-2-11(10)8-9-6-4-3-5-7-9/h3-7H,2,8H2,1H3. The van der Waals surface area contributed by atoms with Crippen LogP contribution < -0.4 is 0 Å². The van der Waals surface area contributed by atoms with E-state index in [-0.39, 0.29) is 0 Å². The molecule has 0 radical (unpaired) electrons. The Morgan fingerprint density at radius 1 is 1.27 bits per heavy atom. The normalized spacial score (nSPS) is 10.5. The third kappa shape index (κ3) is 3.04. The lowest BCUT2D eigenvalue weighted by Gasteiger charge is -2.10. The van der Waals surface area contributed by atoms with E-state index in [4.69, 9.17) is 0 Å². The second-order valence-electron chi connectivity index (χ2n) is 2.42. The summed E-state index contributed by atoms with van der Waals surface area (Å²) in [6.45, 7) is 4.12. The fourth-order valence-corrected chi connectivity index (χ4v) is 1.18. The van der Waals surface area contributed by atoms with Crippen LogP contribution in [0.5, 0.6) is 0 Å². The molecule has 11 heavy (non-hydrogen) atoms.